The maximum atomic E-state index is 13.0. The maximum absolute atomic E-state index is 13.0. The summed E-state index contributed by atoms with van der Waals surface area (Å²) in [6.07, 6.45) is 0. The van der Waals surface area contributed by atoms with Crippen molar-refractivity contribution in [3.05, 3.63) is 70.3 Å². The Kier molecular flexibility index (Phi) is 5.64. The first-order valence-electron chi connectivity index (χ1n) is 9.53. The molecule has 0 heterocycles. The molecule has 0 aromatic heterocycles. The van der Waals surface area contributed by atoms with Crippen molar-refractivity contribution in [3.63, 3.8) is 0 Å². The summed E-state index contributed by atoms with van der Waals surface area (Å²) in [6.45, 7) is 7.10. The van der Waals surface area contributed by atoms with E-state index in [2.05, 4.69) is 0 Å². The zero-order chi connectivity index (χ0) is 21.3. The fourth-order valence-corrected chi connectivity index (χ4v) is 3.77. The number of ketones is 2. The highest BCUT2D eigenvalue weighted by Crippen LogP contribution is 2.29. The van der Waals surface area contributed by atoms with Crippen LogP contribution >= 0.6 is 0 Å². The zero-order valence-corrected chi connectivity index (χ0v) is 16.9. The molecule has 0 saturated heterocycles. The monoisotopic (exact) mass is 393 g/mol. The van der Waals surface area contributed by atoms with E-state index in [0.717, 1.165) is 0 Å². The molecule has 0 saturated carbocycles. The number of benzene rings is 2. The van der Waals surface area contributed by atoms with Crippen molar-refractivity contribution in [1.82, 2.24) is 4.90 Å². The molecule has 0 unspecified atom stereocenters. The van der Waals surface area contributed by atoms with Gasteiger partial charge in [-0.15, -0.1) is 0 Å². The fraction of sp³-hybridized carbons (Fsp3) is 0.304. The number of fused-ring (bicyclic) bond motifs is 2. The van der Waals surface area contributed by atoms with Gasteiger partial charge in [-0.2, -0.15) is 0 Å². The van der Waals surface area contributed by atoms with Crippen LogP contribution in [-0.2, 0) is 9.53 Å². The highest BCUT2D eigenvalue weighted by Gasteiger charge is 2.33. The highest BCUT2D eigenvalue weighted by atomic mass is 16.5. The molecular formula is C23H23NO5. The van der Waals surface area contributed by atoms with Crippen molar-refractivity contribution in [1.29, 1.82) is 0 Å². The summed E-state index contributed by atoms with van der Waals surface area (Å²) in [5.74, 6) is -1.84. The third-order valence-electron chi connectivity index (χ3n) is 4.90. The molecule has 0 aliphatic heterocycles. The number of nitrogens with zero attached hydrogens (tertiary/aromatic N) is 1. The number of hydrogen-bond acceptors (Lipinski definition) is 5. The summed E-state index contributed by atoms with van der Waals surface area (Å²) < 4.78 is 5.22. The van der Waals surface area contributed by atoms with E-state index in [0.29, 0.717) is 5.56 Å². The average molecular weight is 393 g/mol. The molecule has 0 N–H and O–H groups in total. The van der Waals surface area contributed by atoms with Crippen molar-refractivity contribution >= 4 is 23.4 Å². The first-order valence-corrected chi connectivity index (χ1v) is 9.53. The topological polar surface area (TPSA) is 80.8 Å². The van der Waals surface area contributed by atoms with E-state index in [4.69, 9.17) is 4.74 Å². The molecule has 150 valence electrons. The molecule has 0 atom stereocenters. The lowest BCUT2D eigenvalue weighted by Gasteiger charge is -2.30. The van der Waals surface area contributed by atoms with Crippen LogP contribution < -0.4 is 0 Å². The molecule has 1 amide bonds. The first-order chi connectivity index (χ1) is 13.7. The van der Waals surface area contributed by atoms with E-state index < -0.39 is 18.4 Å². The number of amides is 1. The molecule has 6 nitrogen and oxygen atoms in total. The summed E-state index contributed by atoms with van der Waals surface area (Å²) in [5.41, 5.74) is 0.754. The van der Waals surface area contributed by atoms with Crippen molar-refractivity contribution in [3.8, 4) is 0 Å². The minimum absolute atomic E-state index is 0.0104. The smallest absolute Gasteiger partial charge is 0.339 e. The maximum Gasteiger partial charge on any atom is 0.339 e. The number of hydrogen-bond donors (Lipinski definition) is 0. The second-order valence-corrected chi connectivity index (χ2v) is 7.50. The summed E-state index contributed by atoms with van der Waals surface area (Å²) in [6, 6.07) is 10.9. The van der Waals surface area contributed by atoms with Crippen LogP contribution in [0.3, 0.4) is 0 Å². The van der Waals surface area contributed by atoms with E-state index in [1.807, 2.05) is 27.7 Å². The second-order valence-electron chi connectivity index (χ2n) is 7.50. The number of carbonyl (C=O) groups is 4. The van der Waals surface area contributed by atoms with Crippen molar-refractivity contribution in [2.24, 2.45) is 0 Å². The Morgan fingerprint density at radius 1 is 0.828 bits per heavy atom. The Morgan fingerprint density at radius 2 is 1.38 bits per heavy atom. The lowest BCUT2D eigenvalue weighted by molar-refractivity contribution is -0.138. The largest absolute Gasteiger partial charge is 0.452 e. The predicted molar refractivity (Wildman–Crippen MR) is 107 cm³/mol. The lowest BCUT2D eigenvalue weighted by Crippen LogP contribution is -2.44. The Labute approximate surface area is 169 Å². The molecule has 2 aromatic carbocycles. The van der Waals surface area contributed by atoms with Gasteiger partial charge in [0.2, 0.25) is 0 Å². The summed E-state index contributed by atoms with van der Waals surface area (Å²) in [5, 5.41) is 0. The van der Waals surface area contributed by atoms with Gasteiger partial charge in [-0.3, -0.25) is 14.4 Å². The fourth-order valence-electron chi connectivity index (χ4n) is 3.77. The molecule has 6 heteroatoms. The number of ether oxygens (including phenoxy) is 1. The van der Waals surface area contributed by atoms with Gasteiger partial charge in [-0.1, -0.05) is 36.4 Å². The van der Waals surface area contributed by atoms with Gasteiger partial charge in [0.15, 0.2) is 18.2 Å². The molecule has 0 radical (unpaired) electrons. The van der Waals surface area contributed by atoms with Gasteiger partial charge in [0.05, 0.1) is 5.56 Å². The van der Waals surface area contributed by atoms with Crippen LogP contribution in [0.25, 0.3) is 0 Å². The van der Waals surface area contributed by atoms with E-state index in [-0.39, 0.29) is 46.0 Å². The third kappa shape index (κ3) is 3.70. The van der Waals surface area contributed by atoms with Gasteiger partial charge < -0.3 is 9.64 Å². The average Bonchev–Trinajstić information content (AvgIpc) is 2.69. The quantitative estimate of drug-likeness (QED) is 0.622. The predicted octanol–water partition coefficient (Wildman–Crippen LogP) is 3.26. The Morgan fingerprint density at radius 3 is 1.97 bits per heavy atom. The summed E-state index contributed by atoms with van der Waals surface area (Å²) >= 11 is 0. The van der Waals surface area contributed by atoms with Gasteiger partial charge in [-0.25, -0.2) is 4.79 Å². The second kappa shape index (κ2) is 7.99. The molecule has 3 rings (SSSR count). The van der Waals surface area contributed by atoms with Crippen LogP contribution in [0.1, 0.15) is 69.9 Å². The van der Waals surface area contributed by atoms with Gasteiger partial charge in [0.1, 0.15) is 0 Å². The van der Waals surface area contributed by atoms with Crippen LogP contribution in [0.2, 0.25) is 0 Å². The first kappa shape index (κ1) is 20.5. The number of rotatable bonds is 5. The standard InChI is InChI=1S/C23H23NO5/c1-13(2)24(14(3)4)19(25)12-29-23(28)18-11-7-10-17-20(18)22(27)16-9-6-5-8-15(16)21(17)26/h5-11,13-14H,12H2,1-4H3. The summed E-state index contributed by atoms with van der Waals surface area (Å²) in [4.78, 5) is 52.5. The molecular weight excluding hydrogens is 370 g/mol. The molecule has 29 heavy (non-hydrogen) atoms. The van der Waals surface area contributed by atoms with Gasteiger partial charge >= 0.3 is 5.97 Å². The SMILES string of the molecule is CC(C)N(C(=O)COC(=O)c1cccc2c1C(=O)c1ccccc1C2=O)C(C)C. The normalized spacial score (nSPS) is 12.6. The Bertz CT molecular complexity index is 998. The van der Waals surface area contributed by atoms with Crippen molar-refractivity contribution < 1.29 is 23.9 Å². The van der Waals surface area contributed by atoms with Crippen molar-refractivity contribution in [2.45, 2.75) is 39.8 Å². The Hall–Kier alpha value is -3.28. The summed E-state index contributed by atoms with van der Waals surface area (Å²) in [7, 11) is 0. The molecule has 0 spiro atoms. The van der Waals surface area contributed by atoms with Crippen LogP contribution in [-0.4, -0.2) is 47.0 Å². The third-order valence-corrected chi connectivity index (χ3v) is 4.90. The van der Waals surface area contributed by atoms with Crippen LogP contribution in [0.4, 0.5) is 0 Å². The molecule has 0 fully saturated rings. The minimum Gasteiger partial charge on any atom is -0.452 e. The molecule has 0 bridgehead atoms. The molecule has 2 aromatic rings. The Balaban J connectivity index is 1.88. The van der Waals surface area contributed by atoms with Gasteiger partial charge in [0, 0.05) is 34.3 Å². The van der Waals surface area contributed by atoms with Gasteiger partial charge in [-0.05, 0) is 33.8 Å². The van der Waals surface area contributed by atoms with E-state index >= 15 is 0 Å². The number of carbonyl (C=O) groups excluding carboxylic acids is 4. The minimum atomic E-state index is -0.803. The highest BCUT2D eigenvalue weighted by molar-refractivity contribution is 6.30. The van der Waals surface area contributed by atoms with Gasteiger partial charge in [0.25, 0.3) is 5.91 Å². The number of esters is 1. The van der Waals surface area contributed by atoms with Crippen molar-refractivity contribution in [2.75, 3.05) is 6.61 Å². The van der Waals surface area contributed by atoms with E-state index in [1.54, 1.807) is 29.2 Å². The van der Waals surface area contributed by atoms with E-state index in [1.165, 1.54) is 18.2 Å². The lowest BCUT2D eigenvalue weighted by atomic mass is 9.82. The van der Waals surface area contributed by atoms with Crippen LogP contribution in [0.15, 0.2) is 42.5 Å². The molecule has 1 aliphatic rings. The molecule has 1 aliphatic carbocycles. The van der Waals surface area contributed by atoms with Crippen LogP contribution in [0.5, 0.6) is 0 Å². The van der Waals surface area contributed by atoms with Crippen LogP contribution in [0, 0.1) is 0 Å². The van der Waals surface area contributed by atoms with E-state index in [9.17, 15) is 19.2 Å². The zero-order valence-electron chi connectivity index (χ0n) is 16.9.